The maximum atomic E-state index is 12.0. The van der Waals surface area contributed by atoms with E-state index in [4.69, 9.17) is 10.2 Å². The predicted octanol–water partition coefficient (Wildman–Crippen LogP) is 3.04. The van der Waals surface area contributed by atoms with E-state index in [1.165, 1.54) is 11.8 Å². The number of benzene rings is 1. The van der Waals surface area contributed by atoms with E-state index in [9.17, 15) is 18.0 Å². The molecule has 2 amide bonds. The largest absolute Gasteiger partial charge is 0.453 e. The smallest absolute Gasteiger partial charge is 0.238 e. The number of primary amides is 1. The zero-order valence-corrected chi connectivity index (χ0v) is 20.0. The molecule has 0 fully saturated rings. The zero-order chi connectivity index (χ0) is 24.6. The van der Waals surface area contributed by atoms with E-state index < -0.39 is 20.5 Å². The van der Waals surface area contributed by atoms with Crippen molar-refractivity contribution in [1.29, 1.82) is 0 Å². The molecule has 0 spiro atoms. The summed E-state index contributed by atoms with van der Waals surface area (Å²) in [6.45, 7) is 5.02. The Hall–Kier alpha value is -3.57. The number of aryl methyl sites for hydroxylation is 1. The molecule has 2 N–H and O–H groups in total. The summed E-state index contributed by atoms with van der Waals surface area (Å²) in [6.07, 6.45) is 6.58. The molecule has 0 aliphatic rings. The molecule has 1 unspecified atom stereocenters. The molecule has 0 aliphatic heterocycles. The highest BCUT2D eigenvalue weighted by Crippen LogP contribution is 2.21. The fourth-order valence-corrected chi connectivity index (χ4v) is 3.74. The first-order valence-corrected chi connectivity index (χ1v) is 12.1. The second-order valence-corrected chi connectivity index (χ2v) is 10.2. The van der Waals surface area contributed by atoms with Crippen molar-refractivity contribution in [2.45, 2.75) is 31.9 Å². The number of hydrogen-bond acceptors (Lipinski definition) is 5. The molecular weight excluding hydrogens is 440 g/mol. The van der Waals surface area contributed by atoms with Gasteiger partial charge in [0.1, 0.15) is 10.5 Å². The lowest BCUT2D eigenvalue weighted by Crippen LogP contribution is -2.49. The fourth-order valence-electron chi connectivity index (χ4n) is 2.91. The minimum Gasteiger partial charge on any atom is -0.453 e. The summed E-state index contributed by atoms with van der Waals surface area (Å²) in [4.78, 5) is 24.5. The molecule has 174 valence electrons. The summed E-state index contributed by atoms with van der Waals surface area (Å²) in [6, 6.07) is 11.3. The van der Waals surface area contributed by atoms with Gasteiger partial charge in [0, 0.05) is 24.6 Å². The number of carbonyl (C=O) groups excluding carboxylic acids is 2. The van der Waals surface area contributed by atoms with Crippen LogP contribution in [-0.2, 0) is 19.4 Å². The molecule has 0 aliphatic carbocycles. The van der Waals surface area contributed by atoms with E-state index in [2.05, 4.69) is 11.8 Å². The molecule has 1 aromatic carbocycles. The third-order valence-electron chi connectivity index (χ3n) is 5.37. The van der Waals surface area contributed by atoms with Gasteiger partial charge in [-0.3, -0.25) is 9.59 Å². The maximum Gasteiger partial charge on any atom is 0.238 e. The quantitative estimate of drug-likeness (QED) is 0.345. The lowest BCUT2D eigenvalue weighted by Gasteiger charge is -2.25. The summed E-state index contributed by atoms with van der Waals surface area (Å²) >= 11 is 0. The Morgan fingerprint density at radius 1 is 1.18 bits per heavy atom. The van der Waals surface area contributed by atoms with Crippen LogP contribution in [0, 0.1) is 18.8 Å². The molecule has 2 aromatic rings. The topological polar surface area (TPSA) is 111 Å². The molecule has 1 atom stereocenters. The molecule has 1 aromatic heterocycles. The molecule has 1 heterocycles. The van der Waals surface area contributed by atoms with Crippen molar-refractivity contribution in [3.8, 4) is 11.8 Å². The van der Waals surface area contributed by atoms with Crippen LogP contribution in [0.3, 0.4) is 0 Å². The lowest BCUT2D eigenvalue weighted by atomic mass is 10.0. The second-order valence-electron chi connectivity index (χ2n) is 7.76. The zero-order valence-electron chi connectivity index (χ0n) is 19.2. The van der Waals surface area contributed by atoms with Crippen LogP contribution in [0.5, 0.6) is 0 Å². The highest BCUT2D eigenvalue weighted by Gasteiger charge is 2.41. The Morgan fingerprint density at radius 2 is 1.85 bits per heavy atom. The summed E-state index contributed by atoms with van der Waals surface area (Å²) in [5.41, 5.74) is 7.90. The number of hydrogen-bond donors (Lipinski definition) is 1. The van der Waals surface area contributed by atoms with Crippen molar-refractivity contribution < 1.29 is 22.4 Å². The van der Waals surface area contributed by atoms with E-state index in [0.717, 1.165) is 28.7 Å². The predicted molar refractivity (Wildman–Crippen MR) is 128 cm³/mol. The maximum absolute atomic E-state index is 12.0. The molecule has 0 saturated carbocycles. The standard InChI is InChI=1S/C25H28N2O5S/c1-5-21(14-16-27(18-28)17-15-25(3,24(26)29)33(4,30)31)22-10-7-20(8-11-22)9-13-23-12-6-19(2)32-23/h5-8,10-12,14,16,18H,15,17H2,1-4H3,(H2,26,29)/b16-14-,21-5+. The number of sulfone groups is 1. The van der Waals surface area contributed by atoms with Crippen LogP contribution in [0.25, 0.3) is 5.57 Å². The van der Waals surface area contributed by atoms with Crippen LogP contribution in [-0.4, -0.2) is 43.2 Å². The average Bonchev–Trinajstić information content (AvgIpc) is 3.19. The first kappa shape index (κ1) is 25.7. The third-order valence-corrected chi connectivity index (χ3v) is 7.41. The minimum atomic E-state index is -3.74. The van der Waals surface area contributed by atoms with Crippen LogP contribution in [0.2, 0.25) is 0 Å². The van der Waals surface area contributed by atoms with Gasteiger partial charge in [-0.15, -0.1) is 0 Å². The SMILES string of the molecule is C/C=C(\C=C/N(C=O)CCC(C)(C(N)=O)S(C)(=O)=O)c1ccc(C#Cc2ccc(C)o2)cc1. The molecule has 8 heteroatoms. The van der Waals surface area contributed by atoms with Gasteiger partial charge in [-0.05, 0) is 74.6 Å². The number of carbonyl (C=O) groups is 2. The Bertz CT molecular complexity index is 1230. The monoisotopic (exact) mass is 468 g/mol. The highest BCUT2D eigenvalue weighted by atomic mass is 32.2. The Balaban J connectivity index is 2.11. The fraction of sp³-hybridized carbons (Fsp3) is 0.280. The summed E-state index contributed by atoms with van der Waals surface area (Å²) in [7, 11) is -3.74. The lowest BCUT2D eigenvalue weighted by molar-refractivity contribution is -0.121. The van der Waals surface area contributed by atoms with Crippen molar-refractivity contribution in [3.05, 3.63) is 77.4 Å². The first-order valence-electron chi connectivity index (χ1n) is 10.2. The first-order chi connectivity index (χ1) is 15.5. The van der Waals surface area contributed by atoms with Gasteiger partial charge in [-0.2, -0.15) is 0 Å². The van der Waals surface area contributed by atoms with Gasteiger partial charge in [0.05, 0.1) is 0 Å². The van der Waals surface area contributed by atoms with Gasteiger partial charge in [0.25, 0.3) is 0 Å². The molecule has 0 saturated heterocycles. The molecule has 2 rings (SSSR count). The van der Waals surface area contributed by atoms with E-state index in [1.807, 2.05) is 56.3 Å². The number of nitrogens with zero attached hydrogens (tertiary/aromatic N) is 1. The average molecular weight is 469 g/mol. The minimum absolute atomic E-state index is 0.0181. The number of amides is 2. The van der Waals surface area contributed by atoms with Crippen molar-refractivity contribution in [3.63, 3.8) is 0 Å². The van der Waals surface area contributed by atoms with Crippen LogP contribution >= 0.6 is 0 Å². The second kappa shape index (κ2) is 10.8. The summed E-state index contributed by atoms with van der Waals surface area (Å²) in [5.74, 6) is 6.48. The van der Waals surface area contributed by atoms with Gasteiger partial charge >= 0.3 is 0 Å². The van der Waals surface area contributed by atoms with Gasteiger partial charge in [-0.1, -0.05) is 24.1 Å². The normalized spacial score (nSPS) is 13.8. The van der Waals surface area contributed by atoms with Crippen LogP contribution in [0.4, 0.5) is 0 Å². The molecular formula is C25H28N2O5S. The molecule has 7 nitrogen and oxygen atoms in total. The Morgan fingerprint density at radius 3 is 2.33 bits per heavy atom. The van der Waals surface area contributed by atoms with Crippen molar-refractivity contribution >= 4 is 27.7 Å². The van der Waals surface area contributed by atoms with Gasteiger partial charge in [0.15, 0.2) is 15.6 Å². The van der Waals surface area contributed by atoms with E-state index in [1.54, 1.807) is 12.3 Å². The Labute approximate surface area is 194 Å². The van der Waals surface area contributed by atoms with Crippen LogP contribution < -0.4 is 5.73 Å². The van der Waals surface area contributed by atoms with Crippen LogP contribution in [0.1, 0.15) is 42.9 Å². The van der Waals surface area contributed by atoms with E-state index >= 15 is 0 Å². The van der Waals surface area contributed by atoms with Crippen molar-refractivity contribution in [2.75, 3.05) is 12.8 Å². The molecule has 0 radical (unpaired) electrons. The summed E-state index contributed by atoms with van der Waals surface area (Å²) < 4.78 is 27.7. The van der Waals surface area contributed by atoms with Crippen LogP contribution in [0.15, 0.2) is 59.2 Å². The van der Waals surface area contributed by atoms with Crippen molar-refractivity contribution in [2.24, 2.45) is 5.73 Å². The number of furan rings is 1. The van der Waals surface area contributed by atoms with Gasteiger partial charge in [0.2, 0.25) is 12.3 Å². The molecule has 33 heavy (non-hydrogen) atoms. The summed E-state index contributed by atoms with van der Waals surface area (Å²) in [5, 5.41) is 0. The third kappa shape index (κ3) is 6.70. The number of rotatable bonds is 9. The Kier molecular flexibility index (Phi) is 8.44. The van der Waals surface area contributed by atoms with Gasteiger partial charge in [-0.25, -0.2) is 8.42 Å². The highest BCUT2D eigenvalue weighted by molar-refractivity contribution is 7.92. The van der Waals surface area contributed by atoms with E-state index in [0.29, 0.717) is 12.2 Å². The van der Waals surface area contributed by atoms with Crippen molar-refractivity contribution in [1.82, 2.24) is 4.90 Å². The number of allylic oxidation sites excluding steroid dienone is 3. The van der Waals surface area contributed by atoms with Gasteiger partial charge < -0.3 is 15.1 Å². The van der Waals surface area contributed by atoms with E-state index in [-0.39, 0.29) is 13.0 Å². The number of nitrogens with two attached hydrogens (primary N) is 1. The molecule has 0 bridgehead atoms.